The molecular formula is C29H27NO2. The Kier molecular flexibility index (Phi) is 5.05. The fourth-order valence-corrected chi connectivity index (χ4v) is 5.68. The summed E-state index contributed by atoms with van der Waals surface area (Å²) < 4.78 is 0. The van der Waals surface area contributed by atoms with E-state index in [1.54, 1.807) is 0 Å². The summed E-state index contributed by atoms with van der Waals surface area (Å²) in [6.07, 6.45) is 4.27. The quantitative estimate of drug-likeness (QED) is 0.393. The number of fused-ring (bicyclic) bond motifs is 1. The molecule has 160 valence electrons. The van der Waals surface area contributed by atoms with E-state index in [0.29, 0.717) is 0 Å². The number of hydrogen-bond donors (Lipinski definition) is 0. The minimum atomic E-state index is -0.416. The number of carbonyl (C=O) groups excluding carboxylic acids is 2. The first-order valence-electron chi connectivity index (χ1n) is 11.2. The first-order valence-corrected chi connectivity index (χ1v) is 11.2. The highest BCUT2D eigenvalue weighted by atomic mass is 16.2. The molecule has 1 saturated heterocycles. The molecule has 0 N–H and O–H groups in total. The van der Waals surface area contributed by atoms with Crippen molar-refractivity contribution < 1.29 is 9.59 Å². The van der Waals surface area contributed by atoms with Gasteiger partial charge < -0.3 is 0 Å². The molecule has 2 aliphatic rings. The second-order valence-corrected chi connectivity index (χ2v) is 9.07. The monoisotopic (exact) mass is 421 g/mol. The van der Waals surface area contributed by atoms with E-state index in [2.05, 4.69) is 36.4 Å². The average molecular weight is 422 g/mol. The predicted molar refractivity (Wildman–Crippen MR) is 128 cm³/mol. The van der Waals surface area contributed by atoms with E-state index in [1.165, 1.54) is 4.90 Å². The van der Waals surface area contributed by atoms with Crippen LogP contribution >= 0.6 is 0 Å². The van der Waals surface area contributed by atoms with Crippen LogP contribution < -0.4 is 4.90 Å². The number of amides is 2. The van der Waals surface area contributed by atoms with Crippen molar-refractivity contribution in [1.82, 2.24) is 0 Å². The number of anilines is 1. The number of hydrogen-bond acceptors (Lipinski definition) is 2. The van der Waals surface area contributed by atoms with Gasteiger partial charge in [-0.2, -0.15) is 0 Å². The molecule has 1 aliphatic heterocycles. The van der Waals surface area contributed by atoms with E-state index in [1.807, 2.05) is 69.3 Å². The Morgan fingerprint density at radius 2 is 1.03 bits per heavy atom. The number of benzene rings is 3. The fraction of sp³-hybridized carbons (Fsp3) is 0.241. The van der Waals surface area contributed by atoms with Crippen molar-refractivity contribution >= 4 is 17.5 Å². The molecule has 0 radical (unpaired) electrons. The molecule has 3 aromatic carbocycles. The lowest BCUT2D eigenvalue weighted by Crippen LogP contribution is -2.33. The first-order chi connectivity index (χ1) is 15.5. The maximum absolute atomic E-state index is 14.0. The van der Waals surface area contributed by atoms with Crippen LogP contribution in [-0.4, -0.2) is 11.8 Å². The lowest BCUT2D eigenvalue weighted by Gasteiger charge is -2.32. The molecule has 3 nitrogen and oxygen atoms in total. The van der Waals surface area contributed by atoms with E-state index in [4.69, 9.17) is 0 Å². The van der Waals surface area contributed by atoms with Crippen molar-refractivity contribution in [2.24, 2.45) is 11.8 Å². The smallest absolute Gasteiger partial charge is 0.238 e. The van der Waals surface area contributed by atoms with Crippen LogP contribution in [0.3, 0.4) is 0 Å². The van der Waals surface area contributed by atoms with Gasteiger partial charge in [0.15, 0.2) is 0 Å². The summed E-state index contributed by atoms with van der Waals surface area (Å²) in [6.45, 7) is 6.01. The SMILES string of the molecule is Cc1cc(C)c(N2C(=O)[C@@H]3[C@@H](C2=O)[C@@H](c2ccccc2)C=C[C@@H]3c2ccccc2)c(C)c1. The maximum Gasteiger partial charge on any atom is 0.238 e. The topological polar surface area (TPSA) is 37.4 Å². The third kappa shape index (κ3) is 3.20. The average Bonchev–Trinajstić information content (AvgIpc) is 3.05. The summed E-state index contributed by atoms with van der Waals surface area (Å²) in [5, 5.41) is 0. The minimum absolute atomic E-state index is 0.0887. The lowest BCUT2D eigenvalue weighted by molar-refractivity contribution is -0.122. The molecule has 0 saturated carbocycles. The van der Waals surface area contributed by atoms with Gasteiger partial charge in [-0.05, 0) is 43.0 Å². The summed E-state index contributed by atoms with van der Waals surface area (Å²) in [4.78, 5) is 29.4. The van der Waals surface area contributed by atoms with Crippen LogP contribution in [0.2, 0.25) is 0 Å². The van der Waals surface area contributed by atoms with Crippen LogP contribution in [0, 0.1) is 32.6 Å². The standard InChI is InChI=1S/C29H27NO2/c1-18-16-19(2)27(20(3)17-18)30-28(31)25-23(21-10-6-4-7-11-21)14-15-24(26(25)29(30)32)22-12-8-5-9-13-22/h4-17,23-26H,1-3H3/t23-,24-,25+,26+/m1/s1. The molecule has 4 atom stereocenters. The zero-order valence-corrected chi connectivity index (χ0v) is 18.7. The molecular weight excluding hydrogens is 394 g/mol. The van der Waals surface area contributed by atoms with Crippen LogP contribution in [0.15, 0.2) is 84.9 Å². The number of nitrogens with zero attached hydrogens (tertiary/aromatic N) is 1. The van der Waals surface area contributed by atoms with Crippen LogP contribution in [0.1, 0.15) is 39.7 Å². The number of imide groups is 1. The normalized spacial score (nSPS) is 24.7. The molecule has 1 heterocycles. The fourth-order valence-electron chi connectivity index (χ4n) is 5.68. The van der Waals surface area contributed by atoms with Gasteiger partial charge >= 0.3 is 0 Å². The zero-order valence-electron chi connectivity index (χ0n) is 18.7. The van der Waals surface area contributed by atoms with E-state index in [-0.39, 0.29) is 23.7 Å². The first kappa shape index (κ1) is 20.4. The van der Waals surface area contributed by atoms with Gasteiger partial charge in [0.1, 0.15) is 0 Å². The Bertz CT molecular complexity index is 1120. The van der Waals surface area contributed by atoms with E-state index < -0.39 is 11.8 Å². The Morgan fingerprint density at radius 1 is 0.625 bits per heavy atom. The summed E-state index contributed by atoms with van der Waals surface area (Å²) in [6, 6.07) is 24.2. The van der Waals surface area contributed by atoms with Gasteiger partial charge in [-0.25, -0.2) is 4.90 Å². The van der Waals surface area contributed by atoms with Crippen molar-refractivity contribution in [2.45, 2.75) is 32.6 Å². The van der Waals surface area contributed by atoms with Crippen molar-refractivity contribution in [3.8, 4) is 0 Å². The Morgan fingerprint density at radius 3 is 1.44 bits per heavy atom. The van der Waals surface area contributed by atoms with E-state index in [0.717, 1.165) is 33.5 Å². The lowest BCUT2D eigenvalue weighted by atomic mass is 9.68. The Hall–Kier alpha value is -3.46. The van der Waals surface area contributed by atoms with Crippen LogP contribution in [0.4, 0.5) is 5.69 Å². The molecule has 1 fully saturated rings. The summed E-state index contributed by atoms with van der Waals surface area (Å²) in [5.74, 6) is -1.24. The van der Waals surface area contributed by atoms with Gasteiger partial charge in [0.25, 0.3) is 0 Å². The number of carbonyl (C=O) groups is 2. The Labute approximate surface area is 189 Å². The van der Waals surface area contributed by atoms with Gasteiger partial charge in [-0.3, -0.25) is 9.59 Å². The van der Waals surface area contributed by atoms with Crippen molar-refractivity contribution in [2.75, 3.05) is 4.90 Å². The van der Waals surface area contributed by atoms with Gasteiger partial charge in [0.05, 0.1) is 17.5 Å². The summed E-state index contributed by atoms with van der Waals surface area (Å²) in [5.41, 5.74) is 5.95. The molecule has 0 unspecified atom stereocenters. The van der Waals surface area contributed by atoms with Gasteiger partial charge in [0, 0.05) is 11.8 Å². The van der Waals surface area contributed by atoms with Crippen LogP contribution in [0.25, 0.3) is 0 Å². The molecule has 2 amide bonds. The molecule has 0 bridgehead atoms. The van der Waals surface area contributed by atoms with Gasteiger partial charge in [-0.1, -0.05) is 90.5 Å². The van der Waals surface area contributed by atoms with Gasteiger partial charge in [-0.15, -0.1) is 0 Å². The maximum atomic E-state index is 14.0. The van der Waals surface area contributed by atoms with E-state index in [9.17, 15) is 9.59 Å². The molecule has 0 aromatic heterocycles. The van der Waals surface area contributed by atoms with Crippen molar-refractivity contribution in [3.05, 3.63) is 113 Å². The minimum Gasteiger partial charge on any atom is -0.274 e. The number of aryl methyl sites for hydroxylation is 3. The highest BCUT2D eigenvalue weighted by Gasteiger charge is 2.55. The second kappa shape index (κ2) is 7.90. The van der Waals surface area contributed by atoms with Gasteiger partial charge in [0.2, 0.25) is 11.8 Å². The zero-order chi connectivity index (χ0) is 22.4. The molecule has 5 rings (SSSR count). The largest absolute Gasteiger partial charge is 0.274 e. The molecule has 3 aromatic rings. The van der Waals surface area contributed by atoms with E-state index >= 15 is 0 Å². The molecule has 3 heteroatoms. The summed E-state index contributed by atoms with van der Waals surface area (Å²) in [7, 11) is 0. The highest BCUT2D eigenvalue weighted by molar-refractivity contribution is 6.23. The predicted octanol–water partition coefficient (Wildman–Crippen LogP) is 5.85. The Balaban J connectivity index is 1.67. The van der Waals surface area contributed by atoms with Crippen LogP contribution in [-0.2, 0) is 9.59 Å². The summed E-state index contributed by atoms with van der Waals surface area (Å²) >= 11 is 0. The molecule has 1 aliphatic carbocycles. The highest BCUT2D eigenvalue weighted by Crippen LogP contribution is 2.50. The molecule has 0 spiro atoms. The van der Waals surface area contributed by atoms with Crippen molar-refractivity contribution in [3.63, 3.8) is 0 Å². The number of allylic oxidation sites excluding steroid dienone is 2. The number of rotatable bonds is 3. The third-order valence-corrected chi connectivity index (χ3v) is 6.93. The van der Waals surface area contributed by atoms with Crippen LogP contribution in [0.5, 0.6) is 0 Å². The molecule has 32 heavy (non-hydrogen) atoms. The third-order valence-electron chi connectivity index (χ3n) is 6.93. The van der Waals surface area contributed by atoms with Crippen molar-refractivity contribution in [1.29, 1.82) is 0 Å². The second-order valence-electron chi connectivity index (χ2n) is 9.07.